The van der Waals surface area contributed by atoms with Gasteiger partial charge in [0, 0.05) is 37.9 Å². The van der Waals surface area contributed by atoms with Crippen molar-refractivity contribution in [1.82, 2.24) is 5.32 Å². The molecular formula is C26H35N3O3. The lowest BCUT2D eigenvalue weighted by Gasteiger charge is -2.49. The van der Waals surface area contributed by atoms with Crippen molar-refractivity contribution < 1.29 is 14.3 Å². The molecule has 0 bridgehead atoms. The van der Waals surface area contributed by atoms with E-state index in [1.54, 1.807) is 14.2 Å². The molecule has 2 aromatic rings. The van der Waals surface area contributed by atoms with Gasteiger partial charge in [-0.1, -0.05) is 32.0 Å². The Morgan fingerprint density at radius 1 is 1.09 bits per heavy atom. The summed E-state index contributed by atoms with van der Waals surface area (Å²) in [6.07, 6.45) is 1.74. The van der Waals surface area contributed by atoms with Crippen LogP contribution < -0.4 is 24.6 Å². The van der Waals surface area contributed by atoms with E-state index in [4.69, 9.17) is 9.47 Å². The molecular weight excluding hydrogens is 402 g/mol. The van der Waals surface area contributed by atoms with Crippen molar-refractivity contribution in [1.29, 1.82) is 0 Å². The van der Waals surface area contributed by atoms with Gasteiger partial charge in [0.05, 0.1) is 31.9 Å². The molecule has 1 N–H and O–H groups in total. The van der Waals surface area contributed by atoms with Crippen LogP contribution in [-0.4, -0.2) is 52.3 Å². The summed E-state index contributed by atoms with van der Waals surface area (Å²) in [6, 6.07) is 14.5. The summed E-state index contributed by atoms with van der Waals surface area (Å²) in [7, 11) is 3.41. The third kappa shape index (κ3) is 4.50. The molecule has 0 spiro atoms. The average Bonchev–Trinajstić information content (AvgIpc) is 2.82. The number of carbonyl (C=O) groups excluding carboxylic acids is 1. The number of fused-ring (bicyclic) bond motifs is 3. The van der Waals surface area contributed by atoms with Gasteiger partial charge in [0.1, 0.15) is 11.5 Å². The van der Waals surface area contributed by atoms with Crippen molar-refractivity contribution in [2.24, 2.45) is 11.8 Å². The van der Waals surface area contributed by atoms with Crippen molar-refractivity contribution in [3.05, 3.63) is 48.0 Å². The van der Waals surface area contributed by atoms with Crippen molar-refractivity contribution in [3.63, 3.8) is 0 Å². The number of anilines is 2. The normalized spacial score (nSPS) is 19.9. The van der Waals surface area contributed by atoms with Crippen molar-refractivity contribution in [3.8, 4) is 11.5 Å². The third-order valence-electron chi connectivity index (χ3n) is 6.71. The molecule has 0 aromatic heterocycles. The second-order valence-electron chi connectivity index (χ2n) is 9.16. The molecule has 0 aliphatic carbocycles. The maximum absolute atomic E-state index is 13.3. The predicted octanol–water partition coefficient (Wildman–Crippen LogP) is 3.73. The number of para-hydroxylation sites is 2. The molecule has 2 heterocycles. The first-order valence-corrected chi connectivity index (χ1v) is 11.6. The Hall–Kier alpha value is -2.89. The molecule has 0 unspecified atom stereocenters. The van der Waals surface area contributed by atoms with Gasteiger partial charge in [0.2, 0.25) is 5.91 Å². The number of piperazine rings is 1. The first kappa shape index (κ1) is 22.3. The monoisotopic (exact) mass is 437 g/mol. The summed E-state index contributed by atoms with van der Waals surface area (Å²) in [5.74, 6) is 2.36. The Bertz CT molecular complexity index is 946. The Morgan fingerprint density at radius 3 is 2.66 bits per heavy atom. The number of nitrogens with one attached hydrogen (secondary N) is 1. The summed E-state index contributed by atoms with van der Waals surface area (Å²) in [6.45, 7) is 7.59. The molecule has 32 heavy (non-hydrogen) atoms. The van der Waals surface area contributed by atoms with Crippen molar-refractivity contribution in [2.45, 2.75) is 32.7 Å². The van der Waals surface area contributed by atoms with E-state index in [0.29, 0.717) is 5.92 Å². The zero-order valence-corrected chi connectivity index (χ0v) is 19.6. The lowest BCUT2D eigenvalue weighted by atomic mass is 9.83. The van der Waals surface area contributed by atoms with Crippen molar-refractivity contribution in [2.75, 3.05) is 50.2 Å². The van der Waals surface area contributed by atoms with Gasteiger partial charge >= 0.3 is 0 Å². The average molecular weight is 438 g/mol. The molecule has 4 rings (SSSR count). The lowest BCUT2D eigenvalue weighted by Crippen LogP contribution is -2.61. The zero-order valence-electron chi connectivity index (χ0n) is 19.6. The highest BCUT2D eigenvalue weighted by Gasteiger charge is 2.42. The summed E-state index contributed by atoms with van der Waals surface area (Å²) in [5.41, 5.74) is 3.50. The first-order chi connectivity index (χ1) is 15.5. The summed E-state index contributed by atoms with van der Waals surface area (Å²) in [5, 5.41) is 3.21. The number of methoxy groups -OCH3 is 2. The van der Waals surface area contributed by atoms with E-state index in [1.807, 2.05) is 24.3 Å². The van der Waals surface area contributed by atoms with E-state index < -0.39 is 0 Å². The van der Waals surface area contributed by atoms with Crippen LogP contribution in [0.15, 0.2) is 42.5 Å². The maximum atomic E-state index is 13.3. The standard InChI is InChI=1S/C26H35N3O3/c1-18(2)11-12-27-26(30)21-15-19-9-10-20(31-3)16-23(19)29-14-13-28(17-24(21)29)22-7-5-6-8-25(22)32-4/h5-10,16,18,21,24H,11-15,17H2,1-4H3,(H,27,30)/t21-,24+/m0/s1. The third-order valence-corrected chi connectivity index (χ3v) is 6.71. The molecule has 0 saturated carbocycles. The van der Waals surface area contributed by atoms with E-state index in [1.165, 1.54) is 11.3 Å². The van der Waals surface area contributed by atoms with Crippen LogP contribution in [0.2, 0.25) is 0 Å². The highest BCUT2D eigenvalue weighted by molar-refractivity contribution is 5.82. The Balaban J connectivity index is 1.63. The van der Waals surface area contributed by atoms with Gasteiger partial charge in [-0.05, 0) is 42.5 Å². The number of rotatable bonds is 7. The van der Waals surface area contributed by atoms with E-state index in [0.717, 1.165) is 56.2 Å². The Morgan fingerprint density at radius 2 is 1.91 bits per heavy atom. The largest absolute Gasteiger partial charge is 0.497 e. The Labute approximate surface area is 191 Å². The number of ether oxygens (including phenoxy) is 2. The van der Waals surface area contributed by atoms with Crippen molar-refractivity contribution >= 4 is 17.3 Å². The first-order valence-electron chi connectivity index (χ1n) is 11.6. The summed E-state index contributed by atoms with van der Waals surface area (Å²) < 4.78 is 11.1. The molecule has 1 fully saturated rings. The van der Waals surface area contributed by atoms with E-state index in [2.05, 4.69) is 47.2 Å². The number of nitrogens with zero attached hydrogens (tertiary/aromatic N) is 2. The molecule has 6 heteroatoms. The number of hydrogen-bond donors (Lipinski definition) is 1. The molecule has 1 saturated heterocycles. The van der Waals surface area contributed by atoms with Gasteiger partial charge in [0.25, 0.3) is 0 Å². The Kier molecular flexibility index (Phi) is 6.77. The summed E-state index contributed by atoms with van der Waals surface area (Å²) in [4.78, 5) is 18.1. The number of benzene rings is 2. The molecule has 2 aliphatic rings. The second kappa shape index (κ2) is 9.72. The van der Waals surface area contributed by atoms with Gasteiger partial charge in [-0.25, -0.2) is 0 Å². The van der Waals surface area contributed by atoms with Gasteiger partial charge < -0.3 is 24.6 Å². The fourth-order valence-corrected chi connectivity index (χ4v) is 4.93. The van der Waals surface area contributed by atoms with E-state index >= 15 is 0 Å². The van der Waals surface area contributed by atoms with Crippen LogP contribution >= 0.6 is 0 Å². The van der Waals surface area contributed by atoms with Crippen LogP contribution in [0.4, 0.5) is 11.4 Å². The van der Waals surface area contributed by atoms with Crippen LogP contribution in [0.5, 0.6) is 11.5 Å². The lowest BCUT2D eigenvalue weighted by molar-refractivity contribution is -0.125. The molecule has 2 aliphatic heterocycles. The molecule has 2 atom stereocenters. The van der Waals surface area contributed by atoms with Gasteiger partial charge in [-0.15, -0.1) is 0 Å². The molecule has 2 aromatic carbocycles. The van der Waals surface area contributed by atoms with Crippen LogP contribution in [0.3, 0.4) is 0 Å². The number of hydrogen-bond acceptors (Lipinski definition) is 5. The van der Waals surface area contributed by atoms with Crippen LogP contribution in [0.25, 0.3) is 0 Å². The minimum absolute atomic E-state index is 0.0901. The smallest absolute Gasteiger partial charge is 0.225 e. The van der Waals surface area contributed by atoms with E-state index in [-0.39, 0.29) is 17.9 Å². The summed E-state index contributed by atoms with van der Waals surface area (Å²) >= 11 is 0. The number of amides is 1. The quantitative estimate of drug-likeness (QED) is 0.715. The van der Waals surface area contributed by atoms with Crippen LogP contribution in [0.1, 0.15) is 25.8 Å². The number of carbonyl (C=O) groups is 1. The van der Waals surface area contributed by atoms with Crippen LogP contribution in [-0.2, 0) is 11.2 Å². The zero-order chi connectivity index (χ0) is 22.7. The SMILES string of the molecule is COc1ccc2c(c1)N1CCN(c3ccccc3OC)C[C@@H]1[C@@H](C(=O)NCCC(C)C)C2. The maximum Gasteiger partial charge on any atom is 0.225 e. The highest BCUT2D eigenvalue weighted by atomic mass is 16.5. The second-order valence-corrected chi connectivity index (χ2v) is 9.16. The highest BCUT2D eigenvalue weighted by Crippen LogP contribution is 2.40. The minimum Gasteiger partial charge on any atom is -0.497 e. The fourth-order valence-electron chi connectivity index (χ4n) is 4.93. The molecule has 172 valence electrons. The van der Waals surface area contributed by atoms with E-state index in [9.17, 15) is 4.79 Å². The molecule has 1 amide bonds. The van der Waals surface area contributed by atoms with Gasteiger partial charge in [-0.2, -0.15) is 0 Å². The van der Waals surface area contributed by atoms with Gasteiger partial charge in [-0.3, -0.25) is 4.79 Å². The minimum atomic E-state index is -0.0967. The molecule has 0 radical (unpaired) electrons. The predicted molar refractivity (Wildman–Crippen MR) is 129 cm³/mol. The van der Waals surface area contributed by atoms with Gasteiger partial charge in [0.15, 0.2) is 0 Å². The fraction of sp³-hybridized carbons (Fsp3) is 0.500. The topological polar surface area (TPSA) is 54.0 Å². The molecule has 6 nitrogen and oxygen atoms in total. The van der Waals surface area contributed by atoms with Crippen LogP contribution in [0, 0.1) is 11.8 Å².